The summed E-state index contributed by atoms with van der Waals surface area (Å²) in [5, 5.41) is 5.20. The highest BCUT2D eigenvalue weighted by Crippen LogP contribution is 2.22. The molecule has 0 saturated heterocycles. The molecule has 1 aromatic heterocycles. The molecule has 0 aliphatic rings. The van der Waals surface area contributed by atoms with Crippen LogP contribution in [0.25, 0.3) is 0 Å². The summed E-state index contributed by atoms with van der Waals surface area (Å²) in [5.74, 6) is -1.15. The van der Waals surface area contributed by atoms with Crippen molar-refractivity contribution in [3.05, 3.63) is 82.6 Å². The van der Waals surface area contributed by atoms with Gasteiger partial charge in [0.15, 0.2) is 6.61 Å². The van der Waals surface area contributed by atoms with Gasteiger partial charge in [-0.05, 0) is 57.2 Å². The van der Waals surface area contributed by atoms with Crippen LogP contribution in [0.5, 0.6) is 0 Å². The van der Waals surface area contributed by atoms with Crippen molar-refractivity contribution in [1.82, 2.24) is 0 Å². The first-order chi connectivity index (χ1) is 14.8. The largest absolute Gasteiger partial charge is 0.465 e. The number of esters is 1. The van der Waals surface area contributed by atoms with Crippen molar-refractivity contribution in [3.63, 3.8) is 0 Å². The number of rotatable bonds is 6. The Kier molecular flexibility index (Phi) is 6.49. The zero-order valence-electron chi connectivity index (χ0n) is 17.2. The highest BCUT2D eigenvalue weighted by molar-refractivity contribution is 6.10. The Hall–Kier alpha value is -3.94. The second-order valence-corrected chi connectivity index (χ2v) is 6.85. The van der Waals surface area contributed by atoms with Gasteiger partial charge in [-0.2, -0.15) is 0 Å². The van der Waals surface area contributed by atoms with Crippen molar-refractivity contribution in [1.29, 1.82) is 0 Å². The molecule has 0 fully saturated rings. The fourth-order valence-corrected chi connectivity index (χ4v) is 3.01. The molecule has 2 amide bonds. The van der Waals surface area contributed by atoms with E-state index in [4.69, 9.17) is 9.15 Å². The summed E-state index contributed by atoms with van der Waals surface area (Å²) in [6.07, 6.45) is 0. The predicted octanol–water partition coefficient (Wildman–Crippen LogP) is 4.39. The Morgan fingerprint density at radius 2 is 1.61 bits per heavy atom. The molecule has 1 heterocycles. The molecule has 0 unspecified atom stereocenters. The lowest BCUT2D eigenvalue weighted by atomic mass is 10.1. The number of carbonyl (C=O) groups excluding carboxylic acids is 3. The SMILES string of the molecule is Cc1oc(C)c(C(=O)OCC(=O)Nc2ccccc2C(=O)Nc2ccc(F)cc2)c1C. The van der Waals surface area contributed by atoms with Crippen molar-refractivity contribution in [2.45, 2.75) is 20.8 Å². The number of ether oxygens (including phenoxy) is 1. The van der Waals surface area contributed by atoms with Gasteiger partial charge in [-0.15, -0.1) is 0 Å². The third-order valence-corrected chi connectivity index (χ3v) is 4.65. The third kappa shape index (κ3) is 5.16. The second-order valence-electron chi connectivity index (χ2n) is 6.85. The number of para-hydroxylation sites is 1. The van der Waals surface area contributed by atoms with Crippen LogP contribution >= 0.6 is 0 Å². The van der Waals surface area contributed by atoms with E-state index in [1.165, 1.54) is 30.3 Å². The van der Waals surface area contributed by atoms with Crippen molar-refractivity contribution in [2.24, 2.45) is 0 Å². The van der Waals surface area contributed by atoms with E-state index < -0.39 is 30.2 Å². The van der Waals surface area contributed by atoms with Crippen molar-refractivity contribution in [2.75, 3.05) is 17.2 Å². The molecule has 2 N–H and O–H groups in total. The fraction of sp³-hybridized carbons (Fsp3) is 0.174. The summed E-state index contributed by atoms with van der Waals surface area (Å²) < 4.78 is 23.5. The molecule has 0 atom stereocenters. The van der Waals surface area contributed by atoms with Crippen LogP contribution in [0.3, 0.4) is 0 Å². The molecule has 7 nitrogen and oxygen atoms in total. The van der Waals surface area contributed by atoms with Gasteiger partial charge in [0.25, 0.3) is 11.8 Å². The molecular formula is C23H21FN2O5. The summed E-state index contributed by atoms with van der Waals surface area (Å²) in [6.45, 7) is 4.58. The first-order valence-electron chi connectivity index (χ1n) is 9.45. The van der Waals surface area contributed by atoms with Crippen LogP contribution in [0.1, 0.15) is 37.8 Å². The molecule has 2 aromatic carbocycles. The summed E-state index contributed by atoms with van der Waals surface area (Å²) in [6, 6.07) is 11.7. The lowest BCUT2D eigenvalue weighted by Crippen LogP contribution is -2.23. The minimum absolute atomic E-state index is 0.198. The lowest BCUT2D eigenvalue weighted by molar-refractivity contribution is -0.119. The molecule has 0 spiro atoms. The maximum Gasteiger partial charge on any atom is 0.342 e. The number of benzene rings is 2. The average Bonchev–Trinajstić information content (AvgIpc) is 2.99. The van der Waals surface area contributed by atoms with Gasteiger partial charge in [0.1, 0.15) is 22.9 Å². The maximum atomic E-state index is 13.0. The van der Waals surface area contributed by atoms with Crippen molar-refractivity contribution < 1.29 is 27.9 Å². The minimum atomic E-state index is -0.663. The Morgan fingerprint density at radius 1 is 0.935 bits per heavy atom. The lowest BCUT2D eigenvalue weighted by Gasteiger charge is -2.12. The monoisotopic (exact) mass is 424 g/mol. The minimum Gasteiger partial charge on any atom is -0.465 e. The molecule has 160 valence electrons. The predicted molar refractivity (Wildman–Crippen MR) is 113 cm³/mol. The van der Waals surface area contributed by atoms with Gasteiger partial charge in [-0.3, -0.25) is 9.59 Å². The maximum absolute atomic E-state index is 13.0. The molecule has 0 aliphatic heterocycles. The molecule has 3 aromatic rings. The van der Waals surface area contributed by atoms with E-state index in [9.17, 15) is 18.8 Å². The number of halogens is 1. The van der Waals surface area contributed by atoms with Crippen LogP contribution in [0, 0.1) is 26.6 Å². The normalized spacial score (nSPS) is 10.5. The Labute approximate surface area is 178 Å². The summed E-state index contributed by atoms with van der Waals surface area (Å²) in [4.78, 5) is 37.2. The first kappa shape index (κ1) is 21.8. The molecule has 3 rings (SSSR count). The Balaban J connectivity index is 1.64. The van der Waals surface area contributed by atoms with Gasteiger partial charge in [-0.25, -0.2) is 9.18 Å². The zero-order valence-corrected chi connectivity index (χ0v) is 17.2. The standard InChI is InChI=1S/C23H21FN2O5/c1-13-14(2)31-15(3)21(13)23(29)30-12-20(27)26-19-7-5-4-6-18(19)22(28)25-17-10-8-16(24)9-11-17/h4-11H,12H2,1-3H3,(H,25,28)(H,26,27). The first-order valence-corrected chi connectivity index (χ1v) is 9.45. The van der Waals surface area contributed by atoms with Gasteiger partial charge in [-0.1, -0.05) is 12.1 Å². The van der Waals surface area contributed by atoms with E-state index >= 15 is 0 Å². The van der Waals surface area contributed by atoms with Gasteiger partial charge in [0, 0.05) is 11.3 Å². The molecule has 0 radical (unpaired) electrons. The Bertz CT molecular complexity index is 1140. The van der Waals surface area contributed by atoms with Crippen LogP contribution < -0.4 is 10.6 Å². The highest BCUT2D eigenvalue weighted by atomic mass is 19.1. The summed E-state index contributed by atoms with van der Waals surface area (Å²) in [7, 11) is 0. The number of furan rings is 1. The van der Waals surface area contributed by atoms with E-state index in [0.717, 1.165) is 0 Å². The fourth-order valence-electron chi connectivity index (χ4n) is 3.01. The van der Waals surface area contributed by atoms with Crippen LogP contribution in [0.2, 0.25) is 0 Å². The number of hydrogen-bond donors (Lipinski definition) is 2. The smallest absolute Gasteiger partial charge is 0.342 e. The molecule has 8 heteroatoms. The van der Waals surface area contributed by atoms with Crippen molar-refractivity contribution >= 4 is 29.2 Å². The van der Waals surface area contributed by atoms with E-state index in [2.05, 4.69) is 10.6 Å². The molecule has 31 heavy (non-hydrogen) atoms. The highest BCUT2D eigenvalue weighted by Gasteiger charge is 2.21. The number of hydrogen-bond acceptors (Lipinski definition) is 5. The van der Waals surface area contributed by atoms with Crippen LogP contribution in [0.15, 0.2) is 52.9 Å². The van der Waals surface area contributed by atoms with Gasteiger partial charge < -0.3 is 19.8 Å². The van der Waals surface area contributed by atoms with Gasteiger partial charge in [0.05, 0.1) is 11.3 Å². The van der Waals surface area contributed by atoms with Crippen molar-refractivity contribution in [3.8, 4) is 0 Å². The molecule has 0 aliphatic carbocycles. The van der Waals surface area contributed by atoms with Gasteiger partial charge in [0.2, 0.25) is 0 Å². The molecular weight excluding hydrogens is 403 g/mol. The van der Waals surface area contributed by atoms with Gasteiger partial charge >= 0.3 is 5.97 Å². The zero-order chi connectivity index (χ0) is 22.5. The van der Waals surface area contributed by atoms with E-state index in [1.54, 1.807) is 39.0 Å². The van der Waals surface area contributed by atoms with Crippen LogP contribution in [0.4, 0.5) is 15.8 Å². The average molecular weight is 424 g/mol. The second kappa shape index (κ2) is 9.25. The van der Waals surface area contributed by atoms with Crippen LogP contribution in [-0.2, 0) is 9.53 Å². The van der Waals surface area contributed by atoms with E-state index in [0.29, 0.717) is 28.3 Å². The van der Waals surface area contributed by atoms with Crippen LogP contribution in [-0.4, -0.2) is 24.4 Å². The third-order valence-electron chi connectivity index (χ3n) is 4.65. The molecule has 0 saturated carbocycles. The summed E-state index contributed by atoms with van der Waals surface area (Å²) >= 11 is 0. The number of aryl methyl sites for hydroxylation is 2. The van der Waals surface area contributed by atoms with E-state index in [-0.39, 0.29) is 11.3 Å². The number of anilines is 2. The molecule has 0 bridgehead atoms. The van der Waals surface area contributed by atoms with E-state index in [1.807, 2.05) is 0 Å². The Morgan fingerprint density at radius 3 is 2.26 bits per heavy atom. The number of carbonyl (C=O) groups is 3. The number of amides is 2. The quantitative estimate of drug-likeness (QED) is 0.572. The topological polar surface area (TPSA) is 97.6 Å². The summed E-state index contributed by atoms with van der Waals surface area (Å²) in [5.41, 5.74) is 1.80. The number of nitrogens with one attached hydrogen (secondary N) is 2.